The van der Waals surface area contributed by atoms with Gasteiger partial charge in [0.15, 0.2) is 14.9 Å². The summed E-state index contributed by atoms with van der Waals surface area (Å²) in [5.41, 5.74) is 0. The zero-order valence-corrected chi connectivity index (χ0v) is 7.50. The first kappa shape index (κ1) is 8.97. The number of hydrogen-bond acceptors (Lipinski definition) is 3. The van der Waals surface area contributed by atoms with Crippen LogP contribution in [0.4, 0.5) is 0 Å². The van der Waals surface area contributed by atoms with Crippen LogP contribution in [0.2, 0.25) is 0 Å². The van der Waals surface area contributed by atoms with Crippen molar-refractivity contribution in [2.24, 2.45) is 4.99 Å². The Bertz CT molecular complexity index is 381. The summed E-state index contributed by atoms with van der Waals surface area (Å²) in [7, 11) is -3.20. The van der Waals surface area contributed by atoms with Crippen LogP contribution in [0, 0.1) is 0 Å². The SMILES string of the molecule is CS(=O)(=O)/C1=C/C=C\CC=C=N1. The topological polar surface area (TPSA) is 46.5 Å². The summed E-state index contributed by atoms with van der Waals surface area (Å²) >= 11 is 0. The summed E-state index contributed by atoms with van der Waals surface area (Å²) in [5.74, 6) is 2.55. The van der Waals surface area contributed by atoms with Crippen LogP contribution in [-0.2, 0) is 9.84 Å². The van der Waals surface area contributed by atoms with Gasteiger partial charge in [-0.2, -0.15) is 4.99 Å². The summed E-state index contributed by atoms with van der Waals surface area (Å²) < 4.78 is 22.0. The molecule has 12 heavy (non-hydrogen) atoms. The molecule has 0 saturated carbocycles. The minimum atomic E-state index is -3.20. The molecule has 1 aliphatic rings. The molecule has 1 heterocycles. The predicted octanol–water partition coefficient (Wildman–Crippen LogP) is 1.06. The van der Waals surface area contributed by atoms with Gasteiger partial charge in [-0.15, -0.1) is 0 Å². The van der Waals surface area contributed by atoms with Gasteiger partial charge in [0.05, 0.1) is 0 Å². The number of aliphatic imine (C=N–C) groups is 1. The quantitative estimate of drug-likeness (QED) is 0.610. The van der Waals surface area contributed by atoms with Crippen molar-refractivity contribution >= 4 is 15.7 Å². The Labute approximate surface area is 71.7 Å². The largest absolute Gasteiger partial charge is 0.222 e. The van der Waals surface area contributed by atoms with Crippen LogP contribution in [-0.4, -0.2) is 20.5 Å². The third-order valence-corrected chi connectivity index (χ3v) is 2.26. The Kier molecular flexibility index (Phi) is 2.63. The highest BCUT2D eigenvalue weighted by Crippen LogP contribution is 2.06. The van der Waals surface area contributed by atoms with E-state index in [0.29, 0.717) is 0 Å². The fraction of sp³-hybridized carbons (Fsp3) is 0.250. The monoisotopic (exact) mass is 183 g/mol. The predicted molar refractivity (Wildman–Crippen MR) is 48.7 cm³/mol. The highest BCUT2D eigenvalue weighted by molar-refractivity contribution is 7.94. The number of rotatable bonds is 1. The molecular weight excluding hydrogens is 174 g/mol. The lowest BCUT2D eigenvalue weighted by Gasteiger charge is -1.94. The van der Waals surface area contributed by atoms with Gasteiger partial charge >= 0.3 is 0 Å². The first-order valence-electron chi connectivity index (χ1n) is 3.45. The molecule has 0 atom stereocenters. The third kappa shape index (κ3) is 2.49. The molecule has 0 aromatic rings. The van der Waals surface area contributed by atoms with Crippen molar-refractivity contribution in [3.63, 3.8) is 0 Å². The lowest BCUT2D eigenvalue weighted by Crippen LogP contribution is -1.98. The summed E-state index contributed by atoms with van der Waals surface area (Å²) in [6.45, 7) is 0. The van der Waals surface area contributed by atoms with Crippen molar-refractivity contribution in [1.82, 2.24) is 0 Å². The molecule has 0 aromatic heterocycles. The normalized spacial score (nSPS) is 23.9. The van der Waals surface area contributed by atoms with Crippen molar-refractivity contribution in [3.05, 3.63) is 29.3 Å². The summed E-state index contributed by atoms with van der Waals surface area (Å²) in [6.07, 6.45) is 8.52. The van der Waals surface area contributed by atoms with E-state index in [1.807, 2.05) is 6.08 Å². The zero-order valence-electron chi connectivity index (χ0n) is 6.69. The molecule has 1 aliphatic heterocycles. The highest BCUT2D eigenvalue weighted by atomic mass is 32.2. The summed E-state index contributed by atoms with van der Waals surface area (Å²) in [4.78, 5) is 3.67. The Balaban J connectivity index is 3.12. The standard InChI is InChI=1S/C8H9NO2S/c1-12(10,11)8-6-4-2-3-5-7-9-8/h2,4-6H,3H2,1H3/b4-2-,8-6+. The molecule has 0 amide bonds. The smallest absolute Gasteiger partial charge is 0.193 e. The molecule has 4 heteroatoms. The first-order valence-corrected chi connectivity index (χ1v) is 5.34. The molecule has 0 saturated heterocycles. The van der Waals surface area contributed by atoms with Crippen LogP contribution in [0.1, 0.15) is 6.42 Å². The van der Waals surface area contributed by atoms with E-state index in [2.05, 4.69) is 10.9 Å². The second-order valence-corrected chi connectivity index (χ2v) is 4.35. The van der Waals surface area contributed by atoms with Gasteiger partial charge in [-0.3, -0.25) is 0 Å². The van der Waals surface area contributed by atoms with Crippen LogP contribution in [0.15, 0.2) is 34.3 Å². The van der Waals surface area contributed by atoms with Gasteiger partial charge in [0.2, 0.25) is 0 Å². The zero-order chi connectivity index (χ0) is 9.03. The van der Waals surface area contributed by atoms with E-state index in [4.69, 9.17) is 0 Å². The second kappa shape index (κ2) is 3.52. The number of hydrogen-bond donors (Lipinski definition) is 0. The Hall–Kier alpha value is -1.12. The molecule has 0 aliphatic carbocycles. The fourth-order valence-corrected chi connectivity index (χ4v) is 1.25. The van der Waals surface area contributed by atoms with Crippen LogP contribution in [0.5, 0.6) is 0 Å². The number of allylic oxidation sites excluding steroid dienone is 4. The van der Waals surface area contributed by atoms with E-state index >= 15 is 0 Å². The maximum Gasteiger partial charge on any atom is 0.193 e. The molecule has 0 unspecified atom stereocenters. The third-order valence-electron chi connectivity index (χ3n) is 1.27. The molecule has 64 valence electrons. The van der Waals surface area contributed by atoms with Crippen molar-refractivity contribution in [3.8, 4) is 0 Å². The van der Waals surface area contributed by atoms with Crippen molar-refractivity contribution in [2.45, 2.75) is 6.42 Å². The number of sulfone groups is 1. The molecule has 3 nitrogen and oxygen atoms in total. The van der Waals surface area contributed by atoms with Crippen LogP contribution in [0.25, 0.3) is 0 Å². The maximum atomic E-state index is 11.0. The van der Waals surface area contributed by atoms with Crippen LogP contribution >= 0.6 is 0 Å². The van der Waals surface area contributed by atoms with E-state index in [0.717, 1.165) is 12.7 Å². The molecule has 1 rings (SSSR count). The average molecular weight is 183 g/mol. The van der Waals surface area contributed by atoms with Crippen LogP contribution < -0.4 is 0 Å². The van der Waals surface area contributed by atoms with Crippen molar-refractivity contribution in [2.75, 3.05) is 6.26 Å². The van der Waals surface area contributed by atoms with E-state index in [-0.39, 0.29) is 5.03 Å². The van der Waals surface area contributed by atoms with E-state index in [1.165, 1.54) is 6.08 Å². The maximum absolute atomic E-state index is 11.0. The molecule has 0 N–H and O–H groups in total. The summed E-state index contributed by atoms with van der Waals surface area (Å²) in [6, 6.07) is 0. The molecular formula is C8H9NO2S. The molecule has 0 radical (unpaired) electrons. The van der Waals surface area contributed by atoms with Gasteiger partial charge < -0.3 is 0 Å². The van der Waals surface area contributed by atoms with E-state index in [9.17, 15) is 8.42 Å². The Morgan fingerprint density at radius 2 is 2.33 bits per heavy atom. The highest BCUT2D eigenvalue weighted by Gasteiger charge is 2.07. The molecule has 0 fully saturated rings. The summed E-state index contributed by atoms with van der Waals surface area (Å²) in [5, 5.41) is 0.0506. The Morgan fingerprint density at radius 1 is 1.58 bits per heavy atom. The molecule has 0 bridgehead atoms. The van der Waals surface area contributed by atoms with Gasteiger partial charge in [-0.05, 0) is 24.4 Å². The lowest BCUT2D eigenvalue weighted by atomic mass is 10.3. The van der Waals surface area contributed by atoms with Gasteiger partial charge in [-0.25, -0.2) is 8.42 Å². The molecule has 0 spiro atoms. The first-order chi connectivity index (χ1) is 5.61. The van der Waals surface area contributed by atoms with Gasteiger partial charge in [0.1, 0.15) is 0 Å². The fourth-order valence-electron chi connectivity index (χ4n) is 0.703. The Morgan fingerprint density at radius 3 is 3.00 bits per heavy atom. The van der Waals surface area contributed by atoms with E-state index in [1.54, 1.807) is 12.2 Å². The average Bonchev–Trinajstić information content (AvgIpc) is 1.81. The molecule has 0 aromatic carbocycles. The van der Waals surface area contributed by atoms with Gasteiger partial charge in [0, 0.05) is 6.26 Å². The number of nitrogens with zero attached hydrogens (tertiary/aromatic N) is 1. The van der Waals surface area contributed by atoms with Gasteiger partial charge in [-0.1, -0.05) is 12.2 Å². The van der Waals surface area contributed by atoms with Gasteiger partial charge in [0.25, 0.3) is 0 Å². The lowest BCUT2D eigenvalue weighted by molar-refractivity contribution is 0.607. The van der Waals surface area contributed by atoms with E-state index < -0.39 is 9.84 Å². The minimum absolute atomic E-state index is 0.0506. The van der Waals surface area contributed by atoms with Crippen LogP contribution in [0.3, 0.4) is 0 Å². The minimum Gasteiger partial charge on any atom is -0.222 e. The second-order valence-electron chi connectivity index (χ2n) is 2.39. The van der Waals surface area contributed by atoms with Crippen molar-refractivity contribution < 1.29 is 8.42 Å². The van der Waals surface area contributed by atoms with Crippen molar-refractivity contribution in [1.29, 1.82) is 0 Å².